The number of hydrogen-bond donors (Lipinski definition) is 1. The molecule has 6 aliphatic rings. The SMILES string of the molecule is C[C@H]1CC[C@@]2(C[C@@H]3[C@H](C[C@H]4[C@@H]5CC[C@H]6C[C@@H](O)CC[C@]6(C)[C@H]5CC[C@]34C)O2)OC1. The molecule has 29 heavy (non-hydrogen) atoms. The second kappa shape index (κ2) is 6.45. The Morgan fingerprint density at radius 1 is 0.828 bits per heavy atom. The molecule has 6 rings (SSSR count). The molecule has 1 spiro atoms. The lowest BCUT2D eigenvalue weighted by Crippen LogP contribution is -2.54. The molecule has 0 bridgehead atoms. The third-order valence-electron chi connectivity index (χ3n) is 11.4. The van der Waals surface area contributed by atoms with Crippen molar-refractivity contribution in [1.29, 1.82) is 0 Å². The van der Waals surface area contributed by atoms with Gasteiger partial charge in [-0.15, -0.1) is 0 Å². The standard InChI is InChI=1S/C26H42O3/c1-16-6-11-26(28-15-16)14-22-23(29-26)13-21-19-5-4-17-12-18(27)7-9-24(17,2)20(19)8-10-25(21,22)3/h16-23,27H,4-15H2,1-3H3/t16-,17-,18-,19+,20-,21-,22+,23-,24-,25-,26+/m0/s1. The Kier molecular flexibility index (Phi) is 4.35. The topological polar surface area (TPSA) is 38.7 Å². The molecule has 0 aromatic heterocycles. The Labute approximate surface area is 177 Å². The average Bonchev–Trinajstić information content (AvgIpc) is 3.18. The lowest BCUT2D eigenvalue weighted by molar-refractivity contribution is -0.256. The zero-order valence-corrected chi connectivity index (χ0v) is 18.9. The first-order chi connectivity index (χ1) is 13.8. The van der Waals surface area contributed by atoms with Crippen LogP contribution in [0.4, 0.5) is 0 Å². The summed E-state index contributed by atoms with van der Waals surface area (Å²) in [5.41, 5.74) is 0.936. The summed E-state index contributed by atoms with van der Waals surface area (Å²) in [6.07, 6.45) is 14.1. The maximum atomic E-state index is 10.3. The van der Waals surface area contributed by atoms with E-state index in [-0.39, 0.29) is 11.9 Å². The molecule has 1 N–H and O–H groups in total. The van der Waals surface area contributed by atoms with Gasteiger partial charge in [0.05, 0.1) is 18.8 Å². The maximum absolute atomic E-state index is 10.3. The number of rotatable bonds is 0. The molecule has 4 aliphatic carbocycles. The molecule has 0 aromatic carbocycles. The van der Waals surface area contributed by atoms with Crippen LogP contribution < -0.4 is 0 Å². The van der Waals surface area contributed by atoms with Crippen LogP contribution in [0.5, 0.6) is 0 Å². The second-order valence-electron chi connectivity index (χ2n) is 12.7. The van der Waals surface area contributed by atoms with Crippen LogP contribution in [0.3, 0.4) is 0 Å². The van der Waals surface area contributed by atoms with Crippen LogP contribution in [0.25, 0.3) is 0 Å². The summed E-state index contributed by atoms with van der Waals surface area (Å²) in [6.45, 7) is 8.42. The largest absolute Gasteiger partial charge is 0.393 e. The molecule has 0 amide bonds. The first kappa shape index (κ1) is 19.6. The summed E-state index contributed by atoms with van der Waals surface area (Å²) in [6, 6.07) is 0. The Balaban J connectivity index is 1.23. The highest BCUT2D eigenvalue weighted by atomic mass is 16.7. The molecule has 2 saturated heterocycles. The summed E-state index contributed by atoms with van der Waals surface area (Å²) in [4.78, 5) is 0. The molecule has 0 radical (unpaired) electrons. The number of hydrogen-bond acceptors (Lipinski definition) is 3. The molecule has 11 atom stereocenters. The molecular weight excluding hydrogens is 360 g/mol. The maximum Gasteiger partial charge on any atom is 0.169 e. The van der Waals surface area contributed by atoms with E-state index in [4.69, 9.17) is 9.47 Å². The van der Waals surface area contributed by atoms with E-state index in [1.54, 1.807) is 0 Å². The van der Waals surface area contributed by atoms with Gasteiger partial charge < -0.3 is 14.6 Å². The monoisotopic (exact) mass is 402 g/mol. The summed E-state index contributed by atoms with van der Waals surface area (Å²) >= 11 is 0. The van der Waals surface area contributed by atoms with Crippen molar-refractivity contribution in [3.63, 3.8) is 0 Å². The minimum atomic E-state index is -0.240. The quantitative estimate of drug-likeness (QED) is 0.577. The van der Waals surface area contributed by atoms with Gasteiger partial charge in [-0.1, -0.05) is 20.8 Å². The number of aliphatic hydroxyl groups is 1. The fraction of sp³-hybridized carbons (Fsp3) is 1.00. The van der Waals surface area contributed by atoms with Crippen molar-refractivity contribution in [2.45, 2.75) is 109 Å². The fourth-order valence-corrected chi connectivity index (χ4v) is 9.65. The third kappa shape index (κ3) is 2.72. The minimum absolute atomic E-state index is 0.0351. The van der Waals surface area contributed by atoms with E-state index in [0.717, 1.165) is 56.0 Å². The molecule has 2 heterocycles. The van der Waals surface area contributed by atoms with E-state index in [9.17, 15) is 5.11 Å². The molecule has 3 heteroatoms. The van der Waals surface area contributed by atoms with Crippen molar-refractivity contribution in [1.82, 2.24) is 0 Å². The lowest BCUT2D eigenvalue weighted by atomic mass is 9.44. The van der Waals surface area contributed by atoms with Crippen LogP contribution in [0.15, 0.2) is 0 Å². The third-order valence-corrected chi connectivity index (χ3v) is 11.4. The van der Waals surface area contributed by atoms with E-state index in [2.05, 4.69) is 20.8 Å². The van der Waals surface area contributed by atoms with Crippen molar-refractivity contribution >= 4 is 0 Å². The molecule has 164 valence electrons. The Morgan fingerprint density at radius 3 is 2.45 bits per heavy atom. The van der Waals surface area contributed by atoms with Crippen LogP contribution in [0.1, 0.15) is 91.4 Å². The molecule has 0 unspecified atom stereocenters. The molecule has 3 nitrogen and oxygen atoms in total. The van der Waals surface area contributed by atoms with Crippen LogP contribution in [-0.2, 0) is 9.47 Å². The van der Waals surface area contributed by atoms with Gasteiger partial charge in [0.1, 0.15) is 0 Å². The van der Waals surface area contributed by atoms with Crippen molar-refractivity contribution in [2.24, 2.45) is 46.3 Å². The van der Waals surface area contributed by atoms with Crippen molar-refractivity contribution < 1.29 is 14.6 Å². The zero-order valence-electron chi connectivity index (χ0n) is 18.9. The van der Waals surface area contributed by atoms with Crippen LogP contribution in [-0.4, -0.2) is 29.7 Å². The zero-order chi connectivity index (χ0) is 20.0. The molecule has 0 aromatic rings. The molecular formula is C26H42O3. The highest BCUT2D eigenvalue weighted by Gasteiger charge is 2.66. The van der Waals surface area contributed by atoms with Crippen molar-refractivity contribution in [2.75, 3.05) is 6.61 Å². The smallest absolute Gasteiger partial charge is 0.169 e. The number of ether oxygens (including phenoxy) is 2. The van der Waals surface area contributed by atoms with Crippen LogP contribution in [0, 0.1) is 46.3 Å². The predicted octanol–water partition coefficient (Wildman–Crippen LogP) is 5.55. The predicted molar refractivity (Wildman–Crippen MR) is 113 cm³/mol. The van der Waals surface area contributed by atoms with Gasteiger partial charge in [-0.05, 0) is 104 Å². The van der Waals surface area contributed by atoms with E-state index >= 15 is 0 Å². The van der Waals surface area contributed by atoms with Crippen molar-refractivity contribution in [3.05, 3.63) is 0 Å². The van der Waals surface area contributed by atoms with Gasteiger partial charge >= 0.3 is 0 Å². The summed E-state index contributed by atoms with van der Waals surface area (Å²) in [7, 11) is 0. The average molecular weight is 403 g/mol. The molecule has 6 fully saturated rings. The lowest BCUT2D eigenvalue weighted by Gasteiger charge is -2.61. The van der Waals surface area contributed by atoms with Crippen LogP contribution >= 0.6 is 0 Å². The Morgan fingerprint density at radius 2 is 1.66 bits per heavy atom. The van der Waals surface area contributed by atoms with Gasteiger partial charge in [0, 0.05) is 12.8 Å². The number of aliphatic hydroxyl groups excluding tert-OH is 1. The van der Waals surface area contributed by atoms with Crippen LogP contribution in [0.2, 0.25) is 0 Å². The van der Waals surface area contributed by atoms with E-state index < -0.39 is 0 Å². The Hall–Kier alpha value is -0.120. The van der Waals surface area contributed by atoms with E-state index in [1.165, 1.54) is 44.9 Å². The highest BCUT2D eigenvalue weighted by molar-refractivity contribution is 5.13. The van der Waals surface area contributed by atoms with E-state index in [1.807, 2.05) is 0 Å². The summed E-state index contributed by atoms with van der Waals surface area (Å²) in [5, 5.41) is 10.3. The molecule has 4 saturated carbocycles. The minimum Gasteiger partial charge on any atom is -0.393 e. The van der Waals surface area contributed by atoms with Gasteiger partial charge in [-0.25, -0.2) is 0 Å². The van der Waals surface area contributed by atoms with Gasteiger partial charge in [-0.3, -0.25) is 0 Å². The van der Waals surface area contributed by atoms with Gasteiger partial charge in [0.25, 0.3) is 0 Å². The van der Waals surface area contributed by atoms with Gasteiger partial charge in [0.15, 0.2) is 5.79 Å². The first-order valence-electron chi connectivity index (χ1n) is 12.8. The fourth-order valence-electron chi connectivity index (χ4n) is 9.65. The normalized spacial score (nSPS) is 61.7. The molecule has 2 aliphatic heterocycles. The van der Waals surface area contributed by atoms with Gasteiger partial charge in [0.2, 0.25) is 0 Å². The number of fused-ring (bicyclic) bond motifs is 7. The van der Waals surface area contributed by atoms with Gasteiger partial charge in [-0.2, -0.15) is 0 Å². The summed E-state index contributed by atoms with van der Waals surface area (Å²) < 4.78 is 13.1. The Bertz CT molecular complexity index is 654. The second-order valence-corrected chi connectivity index (χ2v) is 12.7. The highest BCUT2D eigenvalue weighted by Crippen LogP contribution is 2.70. The van der Waals surface area contributed by atoms with E-state index in [0.29, 0.717) is 28.8 Å². The summed E-state index contributed by atoms with van der Waals surface area (Å²) in [5.74, 6) is 4.54. The first-order valence-corrected chi connectivity index (χ1v) is 12.8. The van der Waals surface area contributed by atoms with Crippen molar-refractivity contribution in [3.8, 4) is 0 Å².